The molecule has 1 aliphatic heterocycles. The maximum atomic E-state index is 12.1. The van der Waals surface area contributed by atoms with Crippen LogP contribution in [0.5, 0.6) is 0 Å². The number of rotatable bonds is 3. The van der Waals surface area contributed by atoms with Crippen LogP contribution in [0.2, 0.25) is 0 Å². The summed E-state index contributed by atoms with van der Waals surface area (Å²) in [7, 11) is 1.86. The van der Waals surface area contributed by atoms with Crippen molar-refractivity contribution in [1.82, 2.24) is 15.2 Å². The van der Waals surface area contributed by atoms with Gasteiger partial charge in [-0.3, -0.25) is 4.79 Å². The summed E-state index contributed by atoms with van der Waals surface area (Å²) < 4.78 is 2.72. The summed E-state index contributed by atoms with van der Waals surface area (Å²) in [5, 5.41) is 6.28. The van der Waals surface area contributed by atoms with Crippen LogP contribution >= 0.6 is 15.9 Å². The van der Waals surface area contributed by atoms with Gasteiger partial charge in [-0.2, -0.15) is 0 Å². The van der Waals surface area contributed by atoms with E-state index in [2.05, 4.69) is 44.8 Å². The molecule has 0 unspecified atom stereocenters. The number of benzene rings is 1. The Hall–Kier alpha value is -1.59. The van der Waals surface area contributed by atoms with Gasteiger partial charge in [0.1, 0.15) is 5.69 Å². The molecule has 1 aromatic heterocycles. The van der Waals surface area contributed by atoms with E-state index >= 15 is 0 Å². The maximum Gasteiger partial charge on any atom is 0.268 e. The second-order valence-electron chi connectivity index (χ2n) is 5.04. The molecule has 0 bridgehead atoms. The van der Waals surface area contributed by atoms with E-state index in [4.69, 9.17) is 0 Å². The molecule has 1 aliphatic rings. The monoisotopic (exact) mass is 333 g/mol. The zero-order chi connectivity index (χ0) is 14.1. The number of fused-ring (bicyclic) bond motifs is 1. The number of nitrogens with one attached hydrogen (secondary N) is 2. The highest BCUT2D eigenvalue weighted by molar-refractivity contribution is 9.10. The minimum atomic E-state index is -0.0585. The van der Waals surface area contributed by atoms with Gasteiger partial charge >= 0.3 is 0 Å². The molecule has 1 amide bonds. The van der Waals surface area contributed by atoms with Gasteiger partial charge in [-0.1, -0.05) is 18.2 Å². The summed E-state index contributed by atoms with van der Waals surface area (Å²) in [5.41, 5.74) is 4.47. The molecule has 4 nitrogen and oxygen atoms in total. The molecule has 0 spiro atoms. The van der Waals surface area contributed by atoms with Crippen LogP contribution in [0.15, 0.2) is 34.9 Å². The van der Waals surface area contributed by atoms with Crippen LogP contribution < -0.4 is 10.6 Å². The second-order valence-corrected chi connectivity index (χ2v) is 5.96. The van der Waals surface area contributed by atoms with Crippen LogP contribution in [0, 0.1) is 0 Å². The van der Waals surface area contributed by atoms with E-state index in [9.17, 15) is 4.79 Å². The Kier molecular flexibility index (Phi) is 3.63. The maximum absolute atomic E-state index is 12.1. The highest BCUT2D eigenvalue weighted by Crippen LogP contribution is 2.17. The van der Waals surface area contributed by atoms with Crippen molar-refractivity contribution in [2.24, 2.45) is 7.05 Å². The molecular weight excluding hydrogens is 318 g/mol. The summed E-state index contributed by atoms with van der Waals surface area (Å²) >= 11 is 3.37. The Morgan fingerprint density at radius 1 is 1.35 bits per heavy atom. The predicted octanol–water partition coefficient (Wildman–Crippen LogP) is 2.32. The minimum Gasteiger partial charge on any atom is -0.347 e. The van der Waals surface area contributed by atoms with Gasteiger partial charge < -0.3 is 15.2 Å². The molecule has 1 aromatic carbocycles. The zero-order valence-electron chi connectivity index (χ0n) is 11.2. The van der Waals surface area contributed by atoms with Crippen molar-refractivity contribution in [2.75, 3.05) is 0 Å². The summed E-state index contributed by atoms with van der Waals surface area (Å²) in [6.07, 6.45) is 1.87. The standard InChI is InChI=1S/C15H16BrN3O/c1-19-9-13(16)5-14(19)15(20)18-6-10-2-3-11-7-17-8-12(11)4-10/h2-5,9,17H,6-8H2,1H3,(H,18,20). The molecule has 20 heavy (non-hydrogen) atoms. The Bertz CT molecular complexity index is 663. The van der Waals surface area contributed by atoms with Gasteiger partial charge in [-0.25, -0.2) is 0 Å². The zero-order valence-corrected chi connectivity index (χ0v) is 12.8. The quantitative estimate of drug-likeness (QED) is 0.905. The van der Waals surface area contributed by atoms with Crippen molar-refractivity contribution in [3.05, 3.63) is 57.3 Å². The van der Waals surface area contributed by atoms with E-state index in [1.54, 1.807) is 0 Å². The molecule has 2 aromatic rings. The number of hydrogen-bond acceptors (Lipinski definition) is 2. The Balaban J connectivity index is 1.67. The second kappa shape index (κ2) is 5.42. The van der Waals surface area contributed by atoms with E-state index in [1.807, 2.05) is 23.9 Å². The molecule has 0 fully saturated rings. The number of nitrogens with zero attached hydrogens (tertiary/aromatic N) is 1. The summed E-state index contributed by atoms with van der Waals surface area (Å²) in [6.45, 7) is 2.41. The van der Waals surface area contributed by atoms with E-state index < -0.39 is 0 Å². The largest absolute Gasteiger partial charge is 0.347 e. The highest BCUT2D eigenvalue weighted by Gasteiger charge is 2.12. The molecular formula is C15H16BrN3O. The first-order valence-electron chi connectivity index (χ1n) is 6.55. The lowest BCUT2D eigenvalue weighted by molar-refractivity contribution is 0.0943. The third kappa shape index (κ3) is 2.64. The van der Waals surface area contributed by atoms with Gasteiger partial charge in [0, 0.05) is 37.4 Å². The summed E-state index contributed by atoms with van der Waals surface area (Å²) in [4.78, 5) is 12.1. The van der Waals surface area contributed by atoms with Gasteiger partial charge in [0.15, 0.2) is 0 Å². The molecule has 0 saturated heterocycles. The lowest BCUT2D eigenvalue weighted by atomic mass is 10.1. The molecule has 3 rings (SSSR count). The average Bonchev–Trinajstić information content (AvgIpc) is 3.01. The molecule has 2 N–H and O–H groups in total. The Morgan fingerprint density at radius 2 is 2.15 bits per heavy atom. The van der Waals surface area contributed by atoms with Crippen LogP contribution in [0.3, 0.4) is 0 Å². The van der Waals surface area contributed by atoms with Gasteiger partial charge in [-0.15, -0.1) is 0 Å². The number of aryl methyl sites for hydroxylation is 1. The van der Waals surface area contributed by atoms with Crippen molar-refractivity contribution < 1.29 is 4.79 Å². The summed E-state index contributed by atoms with van der Waals surface area (Å²) in [5.74, 6) is -0.0585. The van der Waals surface area contributed by atoms with Crippen LogP contribution in [0.4, 0.5) is 0 Å². The molecule has 2 heterocycles. The normalized spacial score (nSPS) is 13.3. The molecule has 5 heteroatoms. The fraction of sp³-hybridized carbons (Fsp3) is 0.267. The SMILES string of the molecule is Cn1cc(Br)cc1C(=O)NCc1ccc2c(c1)CNC2. The number of carbonyl (C=O) groups is 1. The van der Waals surface area contributed by atoms with Crippen molar-refractivity contribution in [2.45, 2.75) is 19.6 Å². The molecule has 0 atom stereocenters. The number of hydrogen-bond donors (Lipinski definition) is 2. The third-order valence-corrected chi connectivity index (χ3v) is 3.99. The van der Waals surface area contributed by atoms with Gasteiger partial charge in [0.05, 0.1) is 0 Å². The highest BCUT2D eigenvalue weighted by atomic mass is 79.9. The first-order chi connectivity index (χ1) is 9.63. The Morgan fingerprint density at radius 3 is 2.90 bits per heavy atom. The van der Waals surface area contributed by atoms with Gasteiger partial charge in [0.2, 0.25) is 0 Å². The van der Waals surface area contributed by atoms with E-state index in [1.165, 1.54) is 11.1 Å². The topological polar surface area (TPSA) is 46.1 Å². The third-order valence-electron chi connectivity index (χ3n) is 3.56. The van der Waals surface area contributed by atoms with E-state index in [0.29, 0.717) is 12.2 Å². The first-order valence-corrected chi connectivity index (χ1v) is 7.34. The number of amides is 1. The van der Waals surface area contributed by atoms with Crippen molar-refractivity contribution in [3.63, 3.8) is 0 Å². The van der Waals surface area contributed by atoms with Crippen LogP contribution in [0.25, 0.3) is 0 Å². The van der Waals surface area contributed by atoms with Crippen LogP contribution in [-0.2, 0) is 26.7 Å². The smallest absolute Gasteiger partial charge is 0.268 e. The van der Waals surface area contributed by atoms with Crippen molar-refractivity contribution >= 4 is 21.8 Å². The lowest BCUT2D eigenvalue weighted by Gasteiger charge is -2.07. The van der Waals surface area contributed by atoms with Crippen LogP contribution in [0.1, 0.15) is 27.2 Å². The van der Waals surface area contributed by atoms with Gasteiger partial charge in [-0.05, 0) is 38.7 Å². The predicted molar refractivity (Wildman–Crippen MR) is 81.3 cm³/mol. The van der Waals surface area contributed by atoms with Crippen molar-refractivity contribution in [1.29, 1.82) is 0 Å². The lowest BCUT2D eigenvalue weighted by Crippen LogP contribution is -2.24. The van der Waals surface area contributed by atoms with E-state index in [-0.39, 0.29) is 5.91 Å². The van der Waals surface area contributed by atoms with Crippen molar-refractivity contribution in [3.8, 4) is 0 Å². The first kappa shape index (κ1) is 13.4. The number of aromatic nitrogens is 1. The van der Waals surface area contributed by atoms with Crippen LogP contribution in [-0.4, -0.2) is 10.5 Å². The van der Waals surface area contributed by atoms with E-state index in [0.717, 1.165) is 23.1 Å². The fourth-order valence-corrected chi connectivity index (χ4v) is 3.00. The van der Waals surface area contributed by atoms with Gasteiger partial charge in [0.25, 0.3) is 5.91 Å². The number of carbonyl (C=O) groups excluding carboxylic acids is 1. The molecule has 104 valence electrons. The Labute approximate surface area is 126 Å². The minimum absolute atomic E-state index is 0.0585. The molecule has 0 radical (unpaired) electrons. The number of halogens is 1. The molecule has 0 saturated carbocycles. The summed E-state index contributed by atoms with van der Waals surface area (Å²) in [6, 6.07) is 8.20. The average molecular weight is 334 g/mol. The molecule has 0 aliphatic carbocycles. The fourth-order valence-electron chi connectivity index (χ4n) is 2.48.